The smallest absolute Gasteiger partial charge is 0.138 e. The van der Waals surface area contributed by atoms with Crippen LogP contribution in [0.5, 0.6) is 11.5 Å². The standard InChI is InChI=1S/C23H21NO2/c1-17(2)26-23-14-19(12-13-20(23)15-24)21-10-6-7-11-22(21)25-16-18-8-4-3-5-9-18/h3-14,17H,16H2,1-2H3. The van der Waals surface area contributed by atoms with E-state index >= 15 is 0 Å². The third-order valence-corrected chi connectivity index (χ3v) is 3.90. The zero-order chi connectivity index (χ0) is 18.4. The Balaban J connectivity index is 1.91. The topological polar surface area (TPSA) is 42.2 Å². The van der Waals surface area contributed by atoms with Crippen LogP contribution in [0.1, 0.15) is 25.0 Å². The summed E-state index contributed by atoms with van der Waals surface area (Å²) in [5, 5.41) is 9.30. The predicted molar refractivity (Wildman–Crippen MR) is 103 cm³/mol. The third kappa shape index (κ3) is 4.23. The van der Waals surface area contributed by atoms with Gasteiger partial charge in [0.2, 0.25) is 0 Å². The van der Waals surface area contributed by atoms with Gasteiger partial charge in [-0.1, -0.05) is 54.6 Å². The van der Waals surface area contributed by atoms with E-state index in [0.717, 1.165) is 22.4 Å². The molecule has 0 aliphatic heterocycles. The van der Waals surface area contributed by atoms with E-state index in [1.54, 1.807) is 6.07 Å². The van der Waals surface area contributed by atoms with Crippen molar-refractivity contribution in [1.82, 2.24) is 0 Å². The molecule has 26 heavy (non-hydrogen) atoms. The van der Waals surface area contributed by atoms with Crippen molar-refractivity contribution in [2.75, 3.05) is 0 Å². The first-order valence-corrected chi connectivity index (χ1v) is 8.64. The van der Waals surface area contributed by atoms with Crippen LogP contribution in [0.4, 0.5) is 0 Å². The summed E-state index contributed by atoms with van der Waals surface area (Å²) in [6.07, 6.45) is 0.00178. The summed E-state index contributed by atoms with van der Waals surface area (Å²) in [5.41, 5.74) is 3.58. The second kappa shape index (κ2) is 8.22. The Morgan fingerprint density at radius 3 is 2.35 bits per heavy atom. The van der Waals surface area contributed by atoms with E-state index in [1.807, 2.05) is 80.6 Å². The van der Waals surface area contributed by atoms with Crippen molar-refractivity contribution in [2.45, 2.75) is 26.6 Å². The molecule has 3 nitrogen and oxygen atoms in total. The molecule has 0 saturated heterocycles. The van der Waals surface area contributed by atoms with Crippen molar-refractivity contribution in [1.29, 1.82) is 5.26 Å². The number of benzene rings is 3. The van der Waals surface area contributed by atoms with Crippen LogP contribution in [0.25, 0.3) is 11.1 Å². The molecule has 0 N–H and O–H groups in total. The lowest BCUT2D eigenvalue weighted by Gasteiger charge is -2.15. The molecule has 3 rings (SSSR count). The van der Waals surface area contributed by atoms with Crippen LogP contribution in [0.2, 0.25) is 0 Å². The Morgan fingerprint density at radius 1 is 0.885 bits per heavy atom. The first-order chi connectivity index (χ1) is 12.7. The number of para-hydroxylation sites is 1. The SMILES string of the molecule is CC(C)Oc1cc(-c2ccccc2OCc2ccccc2)ccc1C#N. The van der Waals surface area contributed by atoms with Gasteiger partial charge in [0.25, 0.3) is 0 Å². The highest BCUT2D eigenvalue weighted by Crippen LogP contribution is 2.34. The fourth-order valence-electron chi connectivity index (χ4n) is 2.70. The fourth-order valence-corrected chi connectivity index (χ4v) is 2.70. The molecule has 130 valence electrons. The number of hydrogen-bond donors (Lipinski definition) is 0. The highest BCUT2D eigenvalue weighted by molar-refractivity contribution is 5.72. The van der Waals surface area contributed by atoms with E-state index in [4.69, 9.17) is 9.47 Å². The first kappa shape index (κ1) is 17.6. The number of ether oxygens (including phenoxy) is 2. The van der Waals surface area contributed by atoms with Crippen LogP contribution in [-0.4, -0.2) is 6.10 Å². The molecule has 0 aliphatic carbocycles. The molecule has 3 aromatic rings. The van der Waals surface area contributed by atoms with Gasteiger partial charge in [0.05, 0.1) is 11.7 Å². The highest BCUT2D eigenvalue weighted by atomic mass is 16.5. The Morgan fingerprint density at radius 2 is 1.62 bits per heavy atom. The van der Waals surface area contributed by atoms with E-state index in [1.165, 1.54) is 0 Å². The predicted octanol–water partition coefficient (Wildman–Crippen LogP) is 5.59. The summed E-state index contributed by atoms with van der Waals surface area (Å²) in [4.78, 5) is 0. The van der Waals surface area contributed by atoms with Crippen molar-refractivity contribution in [2.24, 2.45) is 0 Å². The van der Waals surface area contributed by atoms with Crippen LogP contribution in [0.15, 0.2) is 72.8 Å². The third-order valence-electron chi connectivity index (χ3n) is 3.90. The van der Waals surface area contributed by atoms with Crippen LogP contribution >= 0.6 is 0 Å². The summed E-state index contributed by atoms with van der Waals surface area (Å²) in [7, 11) is 0. The molecular formula is C23H21NO2. The molecule has 0 spiro atoms. The number of nitriles is 1. The minimum Gasteiger partial charge on any atom is -0.490 e. The Kier molecular flexibility index (Phi) is 5.56. The molecule has 0 aromatic heterocycles. The maximum atomic E-state index is 9.30. The Bertz CT molecular complexity index is 911. The van der Waals surface area contributed by atoms with E-state index in [9.17, 15) is 5.26 Å². The zero-order valence-electron chi connectivity index (χ0n) is 15.0. The van der Waals surface area contributed by atoms with Crippen molar-refractivity contribution >= 4 is 0 Å². The molecule has 0 atom stereocenters. The van der Waals surface area contributed by atoms with Gasteiger partial charge in [0.15, 0.2) is 0 Å². The minimum atomic E-state index is 0.00178. The highest BCUT2D eigenvalue weighted by Gasteiger charge is 2.11. The molecule has 0 fully saturated rings. The molecule has 0 bridgehead atoms. The quantitative estimate of drug-likeness (QED) is 0.586. The van der Waals surface area contributed by atoms with Gasteiger partial charge < -0.3 is 9.47 Å². The van der Waals surface area contributed by atoms with Crippen molar-refractivity contribution in [3.8, 4) is 28.7 Å². The second-order valence-electron chi connectivity index (χ2n) is 6.26. The Labute approximate surface area is 154 Å². The molecule has 0 amide bonds. The lowest BCUT2D eigenvalue weighted by atomic mass is 10.0. The molecule has 0 radical (unpaired) electrons. The van der Waals surface area contributed by atoms with Crippen LogP contribution < -0.4 is 9.47 Å². The number of nitrogens with zero attached hydrogens (tertiary/aromatic N) is 1. The summed E-state index contributed by atoms with van der Waals surface area (Å²) < 4.78 is 11.9. The van der Waals surface area contributed by atoms with Gasteiger partial charge in [-0.3, -0.25) is 0 Å². The van der Waals surface area contributed by atoms with Crippen molar-refractivity contribution in [3.05, 3.63) is 83.9 Å². The minimum absolute atomic E-state index is 0.00178. The Hall–Kier alpha value is -3.25. The normalized spacial score (nSPS) is 10.4. The molecule has 3 heteroatoms. The second-order valence-corrected chi connectivity index (χ2v) is 6.26. The first-order valence-electron chi connectivity index (χ1n) is 8.64. The number of hydrogen-bond acceptors (Lipinski definition) is 3. The maximum Gasteiger partial charge on any atom is 0.138 e. The summed E-state index contributed by atoms with van der Waals surface area (Å²) >= 11 is 0. The monoisotopic (exact) mass is 343 g/mol. The van der Waals surface area contributed by atoms with E-state index in [2.05, 4.69) is 6.07 Å². The van der Waals surface area contributed by atoms with E-state index < -0.39 is 0 Å². The van der Waals surface area contributed by atoms with Crippen LogP contribution in [-0.2, 0) is 6.61 Å². The number of rotatable bonds is 6. The fraction of sp³-hybridized carbons (Fsp3) is 0.174. The molecule has 3 aromatic carbocycles. The van der Waals surface area contributed by atoms with Crippen molar-refractivity contribution < 1.29 is 9.47 Å². The lowest BCUT2D eigenvalue weighted by molar-refractivity contribution is 0.242. The van der Waals surface area contributed by atoms with Gasteiger partial charge in [-0.2, -0.15) is 5.26 Å². The largest absolute Gasteiger partial charge is 0.490 e. The molecule has 0 unspecified atom stereocenters. The molecule has 0 aliphatic rings. The van der Waals surface area contributed by atoms with Gasteiger partial charge in [0.1, 0.15) is 24.2 Å². The van der Waals surface area contributed by atoms with Gasteiger partial charge in [0, 0.05) is 5.56 Å². The van der Waals surface area contributed by atoms with E-state index in [0.29, 0.717) is 17.9 Å². The van der Waals surface area contributed by atoms with Gasteiger partial charge in [-0.15, -0.1) is 0 Å². The van der Waals surface area contributed by atoms with Crippen molar-refractivity contribution in [3.63, 3.8) is 0 Å². The average Bonchev–Trinajstić information content (AvgIpc) is 2.67. The molecular weight excluding hydrogens is 322 g/mol. The molecule has 0 saturated carbocycles. The maximum absolute atomic E-state index is 9.30. The van der Waals surface area contributed by atoms with Gasteiger partial charge >= 0.3 is 0 Å². The van der Waals surface area contributed by atoms with Gasteiger partial charge in [-0.25, -0.2) is 0 Å². The lowest BCUT2D eigenvalue weighted by Crippen LogP contribution is -2.07. The zero-order valence-corrected chi connectivity index (χ0v) is 15.0. The summed E-state index contributed by atoms with van der Waals surface area (Å²) in [6, 6.07) is 25.8. The summed E-state index contributed by atoms with van der Waals surface area (Å²) in [6.45, 7) is 4.40. The molecule has 0 heterocycles. The van der Waals surface area contributed by atoms with Crippen LogP contribution in [0.3, 0.4) is 0 Å². The van der Waals surface area contributed by atoms with Gasteiger partial charge in [-0.05, 0) is 43.2 Å². The summed E-state index contributed by atoms with van der Waals surface area (Å²) in [5.74, 6) is 1.40. The average molecular weight is 343 g/mol. The van der Waals surface area contributed by atoms with E-state index in [-0.39, 0.29) is 6.10 Å². The van der Waals surface area contributed by atoms with Crippen LogP contribution in [0, 0.1) is 11.3 Å².